The number of rotatable bonds is 7. The molecule has 0 aromatic heterocycles. The first-order chi connectivity index (χ1) is 11.1. The van der Waals surface area contributed by atoms with E-state index in [4.69, 9.17) is 0 Å². The van der Waals surface area contributed by atoms with Crippen LogP contribution in [0.4, 0.5) is 10.5 Å². The molecule has 126 valence electrons. The first-order valence-corrected chi connectivity index (χ1v) is 8.29. The zero-order valence-corrected chi connectivity index (χ0v) is 14.0. The number of hydrogen-bond acceptors (Lipinski definition) is 3. The van der Waals surface area contributed by atoms with Crippen LogP contribution in [0.3, 0.4) is 0 Å². The standard InChI is InChI=1S/C18H27N3O2/c1-3-18(23,4-2)14-20-17(22)19-13-15-7-9-16(10-8-15)21-11-5-6-12-21/h5-10,23H,3-4,11-14H2,1-2H3,(H2,19,20,22). The first-order valence-electron chi connectivity index (χ1n) is 8.29. The Bertz CT molecular complexity index is 528. The van der Waals surface area contributed by atoms with Crippen molar-refractivity contribution in [2.24, 2.45) is 0 Å². The Hall–Kier alpha value is -2.01. The number of benzene rings is 1. The molecule has 1 aromatic rings. The van der Waals surface area contributed by atoms with Gasteiger partial charge in [0.15, 0.2) is 0 Å². The lowest BCUT2D eigenvalue weighted by molar-refractivity contribution is 0.0349. The molecule has 23 heavy (non-hydrogen) atoms. The molecule has 2 rings (SSSR count). The van der Waals surface area contributed by atoms with Gasteiger partial charge in [0.1, 0.15) is 0 Å². The minimum atomic E-state index is -0.817. The van der Waals surface area contributed by atoms with Crippen LogP contribution in [0.25, 0.3) is 0 Å². The second kappa shape index (κ2) is 8.02. The van der Waals surface area contributed by atoms with E-state index in [9.17, 15) is 9.90 Å². The fourth-order valence-corrected chi connectivity index (χ4v) is 2.50. The Balaban J connectivity index is 1.75. The van der Waals surface area contributed by atoms with Gasteiger partial charge in [-0.05, 0) is 30.5 Å². The maximum absolute atomic E-state index is 11.8. The van der Waals surface area contributed by atoms with Crippen LogP contribution in [0.2, 0.25) is 0 Å². The highest BCUT2D eigenvalue weighted by molar-refractivity contribution is 5.73. The zero-order valence-electron chi connectivity index (χ0n) is 14.0. The Morgan fingerprint density at radius 1 is 1.13 bits per heavy atom. The highest BCUT2D eigenvalue weighted by Gasteiger charge is 2.22. The predicted molar refractivity (Wildman–Crippen MR) is 93.6 cm³/mol. The van der Waals surface area contributed by atoms with Gasteiger partial charge in [0.25, 0.3) is 0 Å². The van der Waals surface area contributed by atoms with Crippen LogP contribution in [0, 0.1) is 0 Å². The van der Waals surface area contributed by atoms with Crippen molar-refractivity contribution in [3.8, 4) is 0 Å². The summed E-state index contributed by atoms with van der Waals surface area (Å²) in [6.07, 6.45) is 5.56. The van der Waals surface area contributed by atoms with Crippen molar-refractivity contribution in [1.82, 2.24) is 10.6 Å². The lowest BCUT2D eigenvalue weighted by Crippen LogP contribution is -2.45. The molecule has 0 aliphatic carbocycles. The van der Waals surface area contributed by atoms with Crippen LogP contribution in [-0.2, 0) is 6.54 Å². The third-order valence-corrected chi connectivity index (χ3v) is 4.47. The molecule has 0 bridgehead atoms. The van der Waals surface area contributed by atoms with Gasteiger partial charge in [-0.15, -0.1) is 0 Å². The second-order valence-electron chi connectivity index (χ2n) is 6.01. The molecule has 0 saturated carbocycles. The molecular formula is C18H27N3O2. The molecule has 1 aromatic carbocycles. The topological polar surface area (TPSA) is 64.6 Å². The van der Waals surface area contributed by atoms with Crippen molar-refractivity contribution in [2.75, 3.05) is 24.5 Å². The van der Waals surface area contributed by atoms with Gasteiger partial charge >= 0.3 is 6.03 Å². The average Bonchev–Trinajstić information content (AvgIpc) is 3.13. The maximum atomic E-state index is 11.8. The number of amides is 2. The normalized spacial score (nSPS) is 14.1. The van der Waals surface area contributed by atoms with Gasteiger partial charge < -0.3 is 20.6 Å². The lowest BCUT2D eigenvalue weighted by Gasteiger charge is -2.25. The Morgan fingerprint density at radius 2 is 1.74 bits per heavy atom. The fourth-order valence-electron chi connectivity index (χ4n) is 2.50. The molecule has 1 aliphatic rings. The minimum absolute atomic E-state index is 0.252. The highest BCUT2D eigenvalue weighted by atomic mass is 16.3. The average molecular weight is 317 g/mol. The third-order valence-electron chi connectivity index (χ3n) is 4.47. The van der Waals surface area contributed by atoms with Gasteiger partial charge in [-0.2, -0.15) is 0 Å². The monoisotopic (exact) mass is 317 g/mol. The van der Waals surface area contributed by atoms with Crippen molar-refractivity contribution in [2.45, 2.75) is 38.8 Å². The van der Waals surface area contributed by atoms with Crippen molar-refractivity contribution in [3.63, 3.8) is 0 Å². The summed E-state index contributed by atoms with van der Waals surface area (Å²) < 4.78 is 0. The molecule has 0 saturated heterocycles. The quantitative estimate of drug-likeness (QED) is 0.677. The van der Waals surface area contributed by atoms with Crippen LogP contribution in [0.15, 0.2) is 36.4 Å². The summed E-state index contributed by atoms with van der Waals surface area (Å²) >= 11 is 0. The van der Waals surface area contributed by atoms with Crippen molar-refractivity contribution in [1.29, 1.82) is 0 Å². The fraction of sp³-hybridized carbons (Fsp3) is 0.500. The molecule has 0 atom stereocenters. The number of carbonyl (C=O) groups excluding carboxylic acids is 1. The molecule has 1 aliphatic heterocycles. The van der Waals surface area contributed by atoms with E-state index < -0.39 is 5.60 Å². The summed E-state index contributed by atoms with van der Waals surface area (Å²) in [5, 5.41) is 15.7. The second-order valence-corrected chi connectivity index (χ2v) is 6.01. The van der Waals surface area contributed by atoms with Crippen molar-refractivity contribution >= 4 is 11.7 Å². The summed E-state index contributed by atoms with van der Waals surface area (Å²) in [7, 11) is 0. The molecule has 5 nitrogen and oxygen atoms in total. The predicted octanol–water partition coefficient (Wildman–Crippen LogP) is 2.41. The largest absolute Gasteiger partial charge is 0.388 e. The van der Waals surface area contributed by atoms with Gasteiger partial charge in [0, 0.05) is 31.9 Å². The Labute approximate surface area is 138 Å². The molecular weight excluding hydrogens is 290 g/mol. The van der Waals surface area contributed by atoms with Crippen LogP contribution in [0.1, 0.15) is 32.3 Å². The number of anilines is 1. The number of urea groups is 1. The summed E-state index contributed by atoms with van der Waals surface area (Å²) in [4.78, 5) is 14.1. The number of nitrogens with one attached hydrogen (secondary N) is 2. The van der Waals surface area contributed by atoms with E-state index in [2.05, 4.69) is 39.8 Å². The SMILES string of the molecule is CCC(O)(CC)CNC(=O)NCc1ccc(N2CC=CC2)cc1. The third kappa shape index (κ3) is 4.99. The minimum Gasteiger partial charge on any atom is -0.388 e. The Morgan fingerprint density at radius 3 is 2.30 bits per heavy atom. The zero-order chi connectivity index (χ0) is 16.7. The number of carbonyl (C=O) groups is 1. The van der Waals surface area contributed by atoms with Gasteiger partial charge in [0.05, 0.1) is 5.60 Å². The van der Waals surface area contributed by atoms with Crippen LogP contribution in [-0.4, -0.2) is 36.4 Å². The number of nitrogens with zero attached hydrogens (tertiary/aromatic N) is 1. The first kappa shape index (κ1) is 17.3. The Kier molecular flexibility index (Phi) is 6.04. The van der Waals surface area contributed by atoms with E-state index in [1.54, 1.807) is 0 Å². The number of hydrogen-bond donors (Lipinski definition) is 3. The summed E-state index contributed by atoms with van der Waals surface area (Å²) in [6, 6.07) is 7.96. The summed E-state index contributed by atoms with van der Waals surface area (Å²) in [5.74, 6) is 0. The summed E-state index contributed by atoms with van der Waals surface area (Å²) in [6.45, 7) is 6.49. The lowest BCUT2D eigenvalue weighted by atomic mass is 9.98. The smallest absolute Gasteiger partial charge is 0.315 e. The summed E-state index contributed by atoms with van der Waals surface area (Å²) in [5.41, 5.74) is 1.43. The van der Waals surface area contributed by atoms with E-state index in [0.29, 0.717) is 19.4 Å². The molecule has 0 radical (unpaired) electrons. The molecule has 5 heteroatoms. The highest BCUT2D eigenvalue weighted by Crippen LogP contribution is 2.17. The molecule has 1 heterocycles. The van der Waals surface area contributed by atoms with E-state index in [0.717, 1.165) is 18.7 Å². The molecule has 3 N–H and O–H groups in total. The molecule has 0 spiro atoms. The van der Waals surface area contributed by atoms with Crippen LogP contribution >= 0.6 is 0 Å². The van der Waals surface area contributed by atoms with Crippen molar-refractivity contribution in [3.05, 3.63) is 42.0 Å². The molecule has 0 fully saturated rings. The van der Waals surface area contributed by atoms with Gasteiger partial charge in [-0.25, -0.2) is 4.79 Å². The van der Waals surface area contributed by atoms with Gasteiger partial charge in [-0.3, -0.25) is 0 Å². The van der Waals surface area contributed by atoms with E-state index in [1.165, 1.54) is 5.69 Å². The molecule has 2 amide bonds. The van der Waals surface area contributed by atoms with Crippen LogP contribution in [0.5, 0.6) is 0 Å². The van der Waals surface area contributed by atoms with Crippen LogP contribution < -0.4 is 15.5 Å². The van der Waals surface area contributed by atoms with Gasteiger partial charge in [-0.1, -0.05) is 38.1 Å². The maximum Gasteiger partial charge on any atom is 0.315 e. The van der Waals surface area contributed by atoms with E-state index in [1.807, 2.05) is 26.0 Å². The van der Waals surface area contributed by atoms with E-state index >= 15 is 0 Å². The van der Waals surface area contributed by atoms with Crippen molar-refractivity contribution < 1.29 is 9.90 Å². The molecule has 0 unspecified atom stereocenters. The van der Waals surface area contributed by atoms with E-state index in [-0.39, 0.29) is 12.6 Å². The van der Waals surface area contributed by atoms with Gasteiger partial charge in [0.2, 0.25) is 0 Å². The number of aliphatic hydroxyl groups is 1.